The number of amides is 1. The van der Waals surface area contributed by atoms with Crippen molar-refractivity contribution in [2.75, 3.05) is 6.54 Å². The van der Waals surface area contributed by atoms with Gasteiger partial charge in [0.2, 0.25) is 11.7 Å². The average molecular weight is 252 g/mol. The molecule has 1 unspecified atom stereocenters. The summed E-state index contributed by atoms with van der Waals surface area (Å²) in [5.41, 5.74) is 0.434. The van der Waals surface area contributed by atoms with E-state index in [1.165, 1.54) is 12.1 Å². The van der Waals surface area contributed by atoms with E-state index in [0.717, 1.165) is 12.8 Å². The van der Waals surface area contributed by atoms with Crippen LogP contribution in [0.5, 0.6) is 17.2 Å². The van der Waals surface area contributed by atoms with E-state index >= 15 is 0 Å². The van der Waals surface area contributed by atoms with E-state index in [1.807, 2.05) is 0 Å². The van der Waals surface area contributed by atoms with Crippen LogP contribution in [0.3, 0.4) is 0 Å². The van der Waals surface area contributed by atoms with Crippen LogP contribution in [0.15, 0.2) is 12.1 Å². The fourth-order valence-corrected chi connectivity index (χ4v) is 1.95. The van der Waals surface area contributed by atoms with Crippen LogP contribution in [0.4, 0.5) is 0 Å². The molecule has 0 aliphatic carbocycles. The molecule has 1 saturated heterocycles. The fourth-order valence-electron chi connectivity index (χ4n) is 1.95. The van der Waals surface area contributed by atoms with Gasteiger partial charge in [-0.05, 0) is 18.9 Å². The lowest BCUT2D eigenvalue weighted by molar-refractivity contribution is -0.124. The third kappa shape index (κ3) is 2.48. The molecule has 1 aromatic carbocycles. The molecule has 0 saturated carbocycles. The largest absolute Gasteiger partial charge is 0.504 e. The number of benzene rings is 1. The number of piperidine rings is 1. The summed E-state index contributed by atoms with van der Waals surface area (Å²) in [5, 5.41) is 33.9. The van der Waals surface area contributed by atoms with E-state index in [2.05, 4.69) is 10.6 Å². The maximum atomic E-state index is 11.5. The normalized spacial score (nSPS) is 19.6. The number of rotatable bonds is 3. The van der Waals surface area contributed by atoms with E-state index < -0.39 is 5.75 Å². The molecule has 1 aliphatic rings. The van der Waals surface area contributed by atoms with Gasteiger partial charge in [-0.25, -0.2) is 0 Å². The second-order valence-corrected chi connectivity index (χ2v) is 4.31. The Bertz CT molecular complexity index is 462. The van der Waals surface area contributed by atoms with E-state index in [4.69, 9.17) is 0 Å². The van der Waals surface area contributed by atoms with Crippen molar-refractivity contribution >= 4 is 5.91 Å². The highest BCUT2D eigenvalue weighted by Gasteiger charge is 2.21. The highest BCUT2D eigenvalue weighted by atomic mass is 16.3. The first-order chi connectivity index (χ1) is 8.59. The molecular formula is C12H16N2O4. The third-order valence-corrected chi connectivity index (χ3v) is 3.04. The minimum atomic E-state index is -0.539. The monoisotopic (exact) mass is 252 g/mol. The van der Waals surface area contributed by atoms with Gasteiger partial charge in [0, 0.05) is 18.7 Å². The van der Waals surface area contributed by atoms with Crippen molar-refractivity contribution in [3.05, 3.63) is 17.7 Å². The molecule has 0 spiro atoms. The number of carbonyl (C=O) groups is 1. The quantitative estimate of drug-likeness (QED) is 0.494. The van der Waals surface area contributed by atoms with Crippen molar-refractivity contribution in [2.45, 2.75) is 25.4 Å². The zero-order valence-electron chi connectivity index (χ0n) is 9.81. The number of aromatic hydroxyl groups is 3. The SMILES string of the molecule is O=C1NCCCC1NCc1ccc(O)c(O)c1O. The van der Waals surface area contributed by atoms with Crippen LogP contribution in [-0.4, -0.2) is 33.8 Å². The number of carbonyl (C=O) groups excluding carboxylic acids is 1. The van der Waals surface area contributed by atoms with Gasteiger partial charge in [-0.3, -0.25) is 4.79 Å². The number of phenols is 3. The number of phenolic OH excluding ortho intramolecular Hbond substituents is 3. The first-order valence-corrected chi connectivity index (χ1v) is 5.83. The van der Waals surface area contributed by atoms with Gasteiger partial charge < -0.3 is 26.0 Å². The summed E-state index contributed by atoms with van der Waals surface area (Å²) in [6.07, 6.45) is 1.66. The van der Waals surface area contributed by atoms with Gasteiger partial charge in [-0.2, -0.15) is 0 Å². The van der Waals surface area contributed by atoms with E-state index in [9.17, 15) is 20.1 Å². The van der Waals surface area contributed by atoms with Crippen molar-refractivity contribution in [1.82, 2.24) is 10.6 Å². The second kappa shape index (κ2) is 5.14. The van der Waals surface area contributed by atoms with Crippen LogP contribution in [0, 0.1) is 0 Å². The van der Waals surface area contributed by atoms with E-state index in [-0.39, 0.29) is 30.0 Å². The number of hydrogen-bond donors (Lipinski definition) is 5. The van der Waals surface area contributed by atoms with Crippen LogP contribution in [0.2, 0.25) is 0 Å². The lowest BCUT2D eigenvalue weighted by Gasteiger charge is -2.23. The third-order valence-electron chi connectivity index (χ3n) is 3.04. The second-order valence-electron chi connectivity index (χ2n) is 4.31. The summed E-state index contributed by atoms with van der Waals surface area (Å²) in [4.78, 5) is 11.5. The number of nitrogens with one attached hydrogen (secondary N) is 2. The molecular weight excluding hydrogens is 236 g/mol. The molecule has 98 valence electrons. The Kier molecular flexibility index (Phi) is 3.57. The summed E-state index contributed by atoms with van der Waals surface area (Å²) in [6.45, 7) is 0.944. The van der Waals surface area contributed by atoms with Crippen molar-refractivity contribution < 1.29 is 20.1 Å². The maximum Gasteiger partial charge on any atom is 0.237 e. The molecule has 0 bridgehead atoms. The highest BCUT2D eigenvalue weighted by Crippen LogP contribution is 2.36. The smallest absolute Gasteiger partial charge is 0.237 e. The molecule has 1 atom stereocenters. The van der Waals surface area contributed by atoms with Gasteiger partial charge in [-0.1, -0.05) is 6.07 Å². The molecule has 1 aromatic rings. The Morgan fingerprint density at radius 1 is 1.28 bits per heavy atom. The Morgan fingerprint density at radius 2 is 2.06 bits per heavy atom. The van der Waals surface area contributed by atoms with Crippen molar-refractivity contribution in [3.8, 4) is 17.2 Å². The lowest BCUT2D eigenvalue weighted by Crippen LogP contribution is -2.47. The average Bonchev–Trinajstić information content (AvgIpc) is 2.37. The molecule has 2 rings (SSSR count). The predicted octanol–water partition coefficient (Wildman–Crippen LogP) is 0.172. The Balaban J connectivity index is 2.02. The van der Waals surface area contributed by atoms with Gasteiger partial charge >= 0.3 is 0 Å². The van der Waals surface area contributed by atoms with Crippen molar-refractivity contribution in [1.29, 1.82) is 0 Å². The molecule has 1 fully saturated rings. The Morgan fingerprint density at radius 3 is 2.78 bits per heavy atom. The predicted molar refractivity (Wildman–Crippen MR) is 64.3 cm³/mol. The first kappa shape index (κ1) is 12.5. The van der Waals surface area contributed by atoms with Gasteiger partial charge in [0.15, 0.2) is 11.5 Å². The van der Waals surface area contributed by atoms with Crippen LogP contribution >= 0.6 is 0 Å². The van der Waals surface area contributed by atoms with E-state index in [0.29, 0.717) is 12.1 Å². The summed E-state index contributed by atoms with van der Waals surface area (Å²) in [5.74, 6) is -1.32. The molecule has 1 heterocycles. The highest BCUT2D eigenvalue weighted by molar-refractivity contribution is 5.82. The zero-order valence-corrected chi connectivity index (χ0v) is 9.81. The zero-order chi connectivity index (χ0) is 13.1. The van der Waals surface area contributed by atoms with Crippen LogP contribution in [0.1, 0.15) is 18.4 Å². The minimum absolute atomic E-state index is 0.0521. The Hall–Kier alpha value is -1.95. The van der Waals surface area contributed by atoms with Crippen LogP contribution in [0.25, 0.3) is 0 Å². The molecule has 0 radical (unpaired) electrons. The molecule has 6 heteroatoms. The van der Waals surface area contributed by atoms with Gasteiger partial charge in [0.1, 0.15) is 0 Å². The summed E-state index contributed by atoms with van der Waals surface area (Å²) in [6, 6.07) is 2.51. The van der Waals surface area contributed by atoms with Gasteiger partial charge in [0.25, 0.3) is 0 Å². The van der Waals surface area contributed by atoms with Crippen molar-refractivity contribution in [2.24, 2.45) is 0 Å². The molecule has 5 N–H and O–H groups in total. The molecule has 6 nitrogen and oxygen atoms in total. The topological polar surface area (TPSA) is 102 Å². The molecule has 1 aliphatic heterocycles. The van der Waals surface area contributed by atoms with Crippen LogP contribution in [-0.2, 0) is 11.3 Å². The van der Waals surface area contributed by atoms with E-state index in [1.54, 1.807) is 0 Å². The van der Waals surface area contributed by atoms with Gasteiger partial charge in [-0.15, -0.1) is 0 Å². The summed E-state index contributed by atoms with van der Waals surface area (Å²) < 4.78 is 0. The molecule has 18 heavy (non-hydrogen) atoms. The lowest BCUT2D eigenvalue weighted by atomic mass is 10.1. The number of hydrogen-bond acceptors (Lipinski definition) is 5. The van der Waals surface area contributed by atoms with Gasteiger partial charge in [0.05, 0.1) is 6.04 Å². The Labute approximate surface area is 104 Å². The van der Waals surface area contributed by atoms with Crippen LogP contribution < -0.4 is 10.6 Å². The standard InChI is InChI=1S/C12H16N2O4/c15-9-4-3-7(10(16)11(9)17)6-14-8-2-1-5-13-12(8)18/h3-4,8,14-17H,1-2,5-6H2,(H,13,18). The maximum absolute atomic E-state index is 11.5. The molecule has 0 aromatic heterocycles. The molecule has 1 amide bonds. The summed E-state index contributed by atoms with van der Waals surface area (Å²) in [7, 11) is 0. The van der Waals surface area contributed by atoms with Crippen molar-refractivity contribution in [3.63, 3.8) is 0 Å². The fraction of sp³-hybridized carbons (Fsp3) is 0.417. The summed E-state index contributed by atoms with van der Waals surface area (Å²) >= 11 is 0. The first-order valence-electron chi connectivity index (χ1n) is 5.83. The minimum Gasteiger partial charge on any atom is -0.504 e.